The Morgan fingerprint density at radius 3 is 2.59 bits per heavy atom. The summed E-state index contributed by atoms with van der Waals surface area (Å²) in [6, 6.07) is 13.6. The molecule has 0 aliphatic heterocycles. The highest BCUT2D eigenvalue weighted by molar-refractivity contribution is 9.10. The van der Waals surface area contributed by atoms with E-state index in [0.717, 1.165) is 0 Å². The maximum absolute atomic E-state index is 12.0. The van der Waals surface area contributed by atoms with E-state index in [-0.39, 0.29) is 0 Å². The molecule has 0 unspecified atom stereocenters. The van der Waals surface area contributed by atoms with E-state index < -0.39 is 18.0 Å². The van der Waals surface area contributed by atoms with Crippen molar-refractivity contribution in [3.05, 3.63) is 63.6 Å². The van der Waals surface area contributed by atoms with Gasteiger partial charge in [0, 0.05) is 15.2 Å². The molecule has 0 aliphatic carbocycles. The summed E-state index contributed by atoms with van der Waals surface area (Å²) in [5.74, 6) is -0.996. The van der Waals surface area contributed by atoms with Gasteiger partial charge < -0.3 is 10.1 Å². The van der Waals surface area contributed by atoms with Crippen molar-refractivity contribution in [3.63, 3.8) is 0 Å². The van der Waals surface area contributed by atoms with Gasteiger partial charge in [-0.25, -0.2) is 4.79 Å². The van der Waals surface area contributed by atoms with E-state index in [9.17, 15) is 9.59 Å². The van der Waals surface area contributed by atoms with Crippen LogP contribution >= 0.6 is 27.5 Å². The molecule has 0 radical (unpaired) electrons. The number of carbonyl (C=O) groups excluding carboxylic acids is 2. The second-order valence-electron chi connectivity index (χ2n) is 4.53. The average Bonchev–Trinajstić information content (AvgIpc) is 2.47. The standard InChI is InChI=1S/C16H13BrClNO3/c1-10(15(20)19-12-6-4-5-11(18)9-12)22-16(21)13-7-2-3-8-14(13)17/h2-10H,1H3,(H,19,20)/t10-/m1/s1. The third-order valence-electron chi connectivity index (χ3n) is 2.84. The number of hydrogen-bond donors (Lipinski definition) is 1. The molecule has 114 valence electrons. The van der Waals surface area contributed by atoms with Crippen molar-refractivity contribution < 1.29 is 14.3 Å². The lowest BCUT2D eigenvalue weighted by Crippen LogP contribution is -2.30. The molecule has 2 aromatic carbocycles. The predicted octanol–water partition coefficient (Wildman–Crippen LogP) is 4.29. The van der Waals surface area contributed by atoms with Crippen LogP contribution in [0.3, 0.4) is 0 Å². The van der Waals surface area contributed by atoms with Crippen molar-refractivity contribution in [2.75, 3.05) is 5.32 Å². The van der Waals surface area contributed by atoms with E-state index in [0.29, 0.717) is 20.7 Å². The minimum absolute atomic E-state index is 0.366. The van der Waals surface area contributed by atoms with E-state index in [1.54, 1.807) is 48.5 Å². The Morgan fingerprint density at radius 2 is 1.91 bits per heavy atom. The quantitative estimate of drug-likeness (QED) is 0.803. The minimum Gasteiger partial charge on any atom is -0.449 e. The van der Waals surface area contributed by atoms with E-state index in [1.807, 2.05) is 0 Å². The molecule has 0 aliphatic rings. The summed E-state index contributed by atoms with van der Waals surface area (Å²) in [6.45, 7) is 1.51. The lowest BCUT2D eigenvalue weighted by atomic mass is 10.2. The van der Waals surface area contributed by atoms with Gasteiger partial charge in [-0.15, -0.1) is 0 Å². The third kappa shape index (κ3) is 4.32. The zero-order valence-electron chi connectivity index (χ0n) is 11.7. The Balaban J connectivity index is 1.99. The monoisotopic (exact) mass is 381 g/mol. The van der Waals surface area contributed by atoms with Crippen LogP contribution in [0.1, 0.15) is 17.3 Å². The molecule has 1 atom stereocenters. The summed E-state index contributed by atoms with van der Waals surface area (Å²) >= 11 is 9.12. The van der Waals surface area contributed by atoms with Gasteiger partial charge in [0.25, 0.3) is 5.91 Å². The number of nitrogens with one attached hydrogen (secondary N) is 1. The number of anilines is 1. The van der Waals surface area contributed by atoms with Crippen LogP contribution in [-0.2, 0) is 9.53 Å². The Labute approximate surface area is 141 Å². The van der Waals surface area contributed by atoms with Gasteiger partial charge in [0.15, 0.2) is 6.10 Å². The molecule has 0 bridgehead atoms. The van der Waals surface area contributed by atoms with E-state index >= 15 is 0 Å². The fourth-order valence-electron chi connectivity index (χ4n) is 1.71. The molecule has 0 saturated heterocycles. The van der Waals surface area contributed by atoms with Crippen LogP contribution in [0.5, 0.6) is 0 Å². The van der Waals surface area contributed by atoms with Gasteiger partial charge in [0.05, 0.1) is 5.56 Å². The molecular formula is C16H13BrClNO3. The second-order valence-corrected chi connectivity index (χ2v) is 5.82. The van der Waals surface area contributed by atoms with Crippen LogP contribution in [0.4, 0.5) is 5.69 Å². The zero-order chi connectivity index (χ0) is 16.1. The van der Waals surface area contributed by atoms with Crippen molar-refractivity contribution >= 4 is 45.1 Å². The van der Waals surface area contributed by atoms with Gasteiger partial charge in [0.2, 0.25) is 0 Å². The number of ether oxygens (including phenoxy) is 1. The van der Waals surface area contributed by atoms with Gasteiger partial charge in [-0.3, -0.25) is 4.79 Å². The first kappa shape index (κ1) is 16.5. The predicted molar refractivity (Wildman–Crippen MR) is 89.1 cm³/mol. The maximum atomic E-state index is 12.0. The molecule has 22 heavy (non-hydrogen) atoms. The van der Waals surface area contributed by atoms with Crippen LogP contribution in [0, 0.1) is 0 Å². The number of carbonyl (C=O) groups is 2. The van der Waals surface area contributed by atoms with Gasteiger partial charge >= 0.3 is 5.97 Å². The molecule has 0 spiro atoms. The summed E-state index contributed by atoms with van der Waals surface area (Å²) in [6.07, 6.45) is -0.932. The molecule has 0 aromatic heterocycles. The number of benzene rings is 2. The Bertz CT molecular complexity index is 705. The number of hydrogen-bond acceptors (Lipinski definition) is 3. The topological polar surface area (TPSA) is 55.4 Å². The molecule has 0 fully saturated rings. The van der Waals surface area contributed by atoms with Crippen molar-refractivity contribution in [3.8, 4) is 0 Å². The van der Waals surface area contributed by atoms with E-state index in [1.165, 1.54) is 6.92 Å². The van der Waals surface area contributed by atoms with Crippen molar-refractivity contribution in [1.82, 2.24) is 0 Å². The average molecular weight is 383 g/mol. The molecular weight excluding hydrogens is 370 g/mol. The number of rotatable bonds is 4. The molecule has 1 N–H and O–H groups in total. The van der Waals surface area contributed by atoms with Crippen molar-refractivity contribution in [1.29, 1.82) is 0 Å². The number of amides is 1. The Hall–Kier alpha value is -1.85. The number of esters is 1. The van der Waals surface area contributed by atoms with Crippen LogP contribution in [0.15, 0.2) is 53.0 Å². The van der Waals surface area contributed by atoms with Crippen LogP contribution in [0.25, 0.3) is 0 Å². The summed E-state index contributed by atoms with van der Waals surface area (Å²) in [4.78, 5) is 24.1. The van der Waals surface area contributed by atoms with Crippen molar-refractivity contribution in [2.24, 2.45) is 0 Å². The highest BCUT2D eigenvalue weighted by Crippen LogP contribution is 2.18. The van der Waals surface area contributed by atoms with Crippen LogP contribution < -0.4 is 5.32 Å². The normalized spacial score (nSPS) is 11.6. The molecule has 2 rings (SSSR count). The SMILES string of the molecule is C[C@@H](OC(=O)c1ccccc1Br)C(=O)Nc1cccc(Cl)c1. The van der Waals surface area contributed by atoms with Crippen LogP contribution in [-0.4, -0.2) is 18.0 Å². The minimum atomic E-state index is -0.932. The van der Waals surface area contributed by atoms with Gasteiger partial charge in [-0.1, -0.05) is 29.8 Å². The maximum Gasteiger partial charge on any atom is 0.340 e. The highest BCUT2D eigenvalue weighted by atomic mass is 79.9. The summed E-state index contributed by atoms with van der Waals surface area (Å²) in [5, 5.41) is 3.15. The largest absolute Gasteiger partial charge is 0.449 e. The Morgan fingerprint density at radius 1 is 1.18 bits per heavy atom. The fraction of sp³-hybridized carbons (Fsp3) is 0.125. The first-order valence-corrected chi connectivity index (χ1v) is 7.66. The van der Waals surface area contributed by atoms with Gasteiger partial charge in [-0.05, 0) is 53.2 Å². The van der Waals surface area contributed by atoms with Crippen molar-refractivity contribution in [2.45, 2.75) is 13.0 Å². The lowest BCUT2D eigenvalue weighted by Gasteiger charge is -2.14. The van der Waals surface area contributed by atoms with Crippen LogP contribution in [0.2, 0.25) is 5.02 Å². The summed E-state index contributed by atoms with van der Waals surface area (Å²) in [7, 11) is 0. The summed E-state index contributed by atoms with van der Waals surface area (Å²) in [5.41, 5.74) is 0.909. The molecule has 2 aromatic rings. The molecule has 1 amide bonds. The first-order valence-electron chi connectivity index (χ1n) is 6.49. The molecule has 0 heterocycles. The smallest absolute Gasteiger partial charge is 0.340 e. The lowest BCUT2D eigenvalue weighted by molar-refractivity contribution is -0.123. The third-order valence-corrected chi connectivity index (χ3v) is 3.77. The number of halogens is 2. The molecule has 6 heteroatoms. The van der Waals surface area contributed by atoms with Gasteiger partial charge in [0.1, 0.15) is 0 Å². The highest BCUT2D eigenvalue weighted by Gasteiger charge is 2.20. The molecule has 0 saturated carbocycles. The fourth-order valence-corrected chi connectivity index (χ4v) is 2.35. The first-order chi connectivity index (χ1) is 10.5. The second kappa shape index (κ2) is 7.42. The zero-order valence-corrected chi connectivity index (χ0v) is 14.0. The van der Waals surface area contributed by atoms with Gasteiger partial charge in [-0.2, -0.15) is 0 Å². The summed E-state index contributed by atoms with van der Waals surface area (Å²) < 4.78 is 5.78. The van der Waals surface area contributed by atoms with E-state index in [2.05, 4.69) is 21.2 Å². The Kier molecular flexibility index (Phi) is 5.57. The molecule has 4 nitrogen and oxygen atoms in total. The van der Waals surface area contributed by atoms with E-state index in [4.69, 9.17) is 16.3 Å².